The lowest BCUT2D eigenvalue weighted by atomic mass is 10.1. The van der Waals surface area contributed by atoms with E-state index in [9.17, 15) is 4.79 Å². The molecular weight excluding hydrogens is 280 g/mol. The second-order valence-electron chi connectivity index (χ2n) is 6.08. The van der Waals surface area contributed by atoms with E-state index in [1.165, 1.54) is 0 Å². The molecule has 0 aliphatic heterocycles. The van der Waals surface area contributed by atoms with Crippen molar-refractivity contribution in [2.24, 2.45) is 0 Å². The molecule has 1 aromatic rings. The number of ether oxygens (including phenoxy) is 2. The van der Waals surface area contributed by atoms with Crippen molar-refractivity contribution in [3.63, 3.8) is 0 Å². The zero-order valence-corrected chi connectivity index (χ0v) is 14.3. The van der Waals surface area contributed by atoms with E-state index in [4.69, 9.17) is 9.47 Å². The Labute approximate surface area is 133 Å². The van der Waals surface area contributed by atoms with Crippen LogP contribution in [0.1, 0.15) is 40.2 Å². The Morgan fingerprint density at radius 3 is 2.45 bits per heavy atom. The zero-order chi connectivity index (χ0) is 16.6. The Hall–Kier alpha value is -1.75. The molecule has 0 heterocycles. The molecule has 0 bridgehead atoms. The number of rotatable bonds is 8. The molecule has 0 radical (unpaired) electrons. The van der Waals surface area contributed by atoms with Gasteiger partial charge in [-0.25, -0.2) is 0 Å². The van der Waals surface area contributed by atoms with Crippen molar-refractivity contribution < 1.29 is 14.3 Å². The largest absolute Gasteiger partial charge is 0.490 e. The summed E-state index contributed by atoms with van der Waals surface area (Å²) < 4.78 is 11.2. The predicted octanol–water partition coefficient (Wildman–Crippen LogP) is 2.49. The molecule has 1 rings (SSSR count). The van der Waals surface area contributed by atoms with Gasteiger partial charge in [-0.05, 0) is 51.9 Å². The van der Waals surface area contributed by atoms with Gasteiger partial charge in [0.25, 0.3) is 5.91 Å². The quantitative estimate of drug-likeness (QED) is 0.774. The van der Waals surface area contributed by atoms with Crippen LogP contribution in [0, 0.1) is 0 Å². The van der Waals surface area contributed by atoms with Crippen molar-refractivity contribution in [1.29, 1.82) is 0 Å². The van der Waals surface area contributed by atoms with E-state index in [0.29, 0.717) is 18.1 Å². The van der Waals surface area contributed by atoms with Crippen LogP contribution in [0.25, 0.3) is 0 Å². The Morgan fingerprint density at radius 1 is 1.14 bits per heavy atom. The normalized spacial score (nSPS) is 11.1. The molecule has 5 heteroatoms. The molecule has 0 saturated heterocycles. The number of carbonyl (C=O) groups is 1. The van der Waals surface area contributed by atoms with Crippen LogP contribution in [-0.2, 0) is 11.3 Å². The Morgan fingerprint density at radius 2 is 1.86 bits per heavy atom. The van der Waals surface area contributed by atoms with Gasteiger partial charge in [-0.2, -0.15) is 0 Å². The highest BCUT2D eigenvalue weighted by Crippen LogP contribution is 2.28. The maximum Gasteiger partial charge on any atom is 0.258 e. The molecule has 0 aliphatic carbocycles. The molecule has 1 amide bonds. The fourth-order valence-corrected chi connectivity index (χ4v) is 1.92. The number of nitrogens with one attached hydrogen (secondary N) is 2. The van der Waals surface area contributed by atoms with Crippen molar-refractivity contribution in [2.75, 3.05) is 19.8 Å². The SMILES string of the molecule is CCNCc1ccc(OCC(=O)NC(C)(C)C)c(OCC)c1. The molecule has 0 atom stereocenters. The van der Waals surface area contributed by atoms with Crippen LogP contribution >= 0.6 is 0 Å². The van der Waals surface area contributed by atoms with Gasteiger partial charge < -0.3 is 20.1 Å². The third-order valence-electron chi connectivity index (χ3n) is 2.76. The van der Waals surface area contributed by atoms with E-state index in [0.717, 1.165) is 18.7 Å². The Balaban J connectivity index is 2.70. The number of amides is 1. The lowest BCUT2D eigenvalue weighted by Gasteiger charge is -2.21. The minimum Gasteiger partial charge on any atom is -0.490 e. The maximum absolute atomic E-state index is 11.8. The summed E-state index contributed by atoms with van der Waals surface area (Å²) in [5, 5.41) is 6.13. The second kappa shape index (κ2) is 8.63. The van der Waals surface area contributed by atoms with Crippen molar-refractivity contribution in [1.82, 2.24) is 10.6 Å². The molecule has 1 aromatic carbocycles. The first-order chi connectivity index (χ1) is 10.4. The van der Waals surface area contributed by atoms with Crippen LogP contribution in [0.4, 0.5) is 0 Å². The summed E-state index contributed by atoms with van der Waals surface area (Å²) in [6.45, 7) is 12.0. The summed E-state index contributed by atoms with van der Waals surface area (Å²) in [4.78, 5) is 11.8. The molecule has 5 nitrogen and oxygen atoms in total. The van der Waals surface area contributed by atoms with E-state index in [2.05, 4.69) is 17.6 Å². The van der Waals surface area contributed by atoms with Gasteiger partial charge in [-0.15, -0.1) is 0 Å². The number of hydrogen-bond donors (Lipinski definition) is 2. The topological polar surface area (TPSA) is 59.6 Å². The van der Waals surface area contributed by atoms with Gasteiger partial charge in [0.15, 0.2) is 18.1 Å². The van der Waals surface area contributed by atoms with E-state index in [1.807, 2.05) is 45.9 Å². The summed E-state index contributed by atoms with van der Waals surface area (Å²) >= 11 is 0. The van der Waals surface area contributed by atoms with Gasteiger partial charge in [-0.1, -0.05) is 13.0 Å². The van der Waals surface area contributed by atoms with Gasteiger partial charge in [0, 0.05) is 12.1 Å². The molecule has 0 saturated carbocycles. The summed E-state index contributed by atoms with van der Waals surface area (Å²) in [6.07, 6.45) is 0. The van der Waals surface area contributed by atoms with Crippen molar-refractivity contribution in [3.8, 4) is 11.5 Å². The maximum atomic E-state index is 11.8. The van der Waals surface area contributed by atoms with Crippen molar-refractivity contribution in [2.45, 2.75) is 46.7 Å². The minimum atomic E-state index is -0.265. The van der Waals surface area contributed by atoms with E-state index in [1.54, 1.807) is 0 Å². The molecule has 2 N–H and O–H groups in total. The summed E-state index contributed by atoms with van der Waals surface area (Å²) in [6, 6.07) is 5.77. The predicted molar refractivity (Wildman–Crippen MR) is 88.4 cm³/mol. The molecule has 0 aromatic heterocycles. The first-order valence-electron chi connectivity index (χ1n) is 7.76. The van der Waals surface area contributed by atoms with Crippen molar-refractivity contribution >= 4 is 5.91 Å². The van der Waals surface area contributed by atoms with E-state index >= 15 is 0 Å². The van der Waals surface area contributed by atoms with Crippen LogP contribution in [0.5, 0.6) is 11.5 Å². The van der Waals surface area contributed by atoms with Gasteiger partial charge in [0.1, 0.15) is 0 Å². The molecular formula is C17H28N2O3. The summed E-state index contributed by atoms with van der Waals surface area (Å²) in [5.41, 5.74) is 0.857. The molecule has 0 spiro atoms. The number of benzene rings is 1. The lowest BCUT2D eigenvalue weighted by Crippen LogP contribution is -2.43. The summed E-state index contributed by atoms with van der Waals surface area (Å²) in [5.74, 6) is 1.11. The van der Waals surface area contributed by atoms with E-state index in [-0.39, 0.29) is 18.1 Å². The van der Waals surface area contributed by atoms with Crippen LogP contribution in [0.2, 0.25) is 0 Å². The van der Waals surface area contributed by atoms with Gasteiger partial charge >= 0.3 is 0 Å². The van der Waals surface area contributed by atoms with Crippen LogP contribution in [0.3, 0.4) is 0 Å². The fraction of sp³-hybridized carbons (Fsp3) is 0.588. The molecule has 22 heavy (non-hydrogen) atoms. The number of carbonyl (C=O) groups excluding carboxylic acids is 1. The average molecular weight is 308 g/mol. The highest BCUT2D eigenvalue weighted by molar-refractivity contribution is 5.78. The minimum absolute atomic E-state index is 0.0239. The van der Waals surface area contributed by atoms with Crippen molar-refractivity contribution in [3.05, 3.63) is 23.8 Å². The Kier molecular flexibility index (Phi) is 7.18. The molecule has 0 fully saturated rings. The van der Waals surface area contributed by atoms with Crippen LogP contribution < -0.4 is 20.1 Å². The third kappa shape index (κ3) is 6.80. The molecule has 0 unspecified atom stereocenters. The van der Waals surface area contributed by atoms with Gasteiger partial charge in [0.2, 0.25) is 0 Å². The molecule has 124 valence electrons. The van der Waals surface area contributed by atoms with Crippen LogP contribution in [0.15, 0.2) is 18.2 Å². The smallest absolute Gasteiger partial charge is 0.258 e. The standard InChI is InChI=1S/C17H28N2O3/c1-6-18-11-13-8-9-14(15(10-13)21-7-2)22-12-16(20)19-17(3,4)5/h8-10,18H,6-7,11-12H2,1-5H3,(H,19,20). The highest BCUT2D eigenvalue weighted by Gasteiger charge is 2.15. The highest BCUT2D eigenvalue weighted by atomic mass is 16.5. The third-order valence-corrected chi connectivity index (χ3v) is 2.76. The lowest BCUT2D eigenvalue weighted by molar-refractivity contribution is -0.124. The average Bonchev–Trinajstić information content (AvgIpc) is 2.42. The summed E-state index contributed by atoms with van der Waals surface area (Å²) in [7, 11) is 0. The monoisotopic (exact) mass is 308 g/mol. The van der Waals surface area contributed by atoms with E-state index < -0.39 is 0 Å². The first-order valence-corrected chi connectivity index (χ1v) is 7.76. The van der Waals surface area contributed by atoms with Crippen LogP contribution in [-0.4, -0.2) is 31.2 Å². The molecule has 0 aliphatic rings. The zero-order valence-electron chi connectivity index (χ0n) is 14.3. The second-order valence-corrected chi connectivity index (χ2v) is 6.08. The first kappa shape index (κ1) is 18.3. The number of hydrogen-bond acceptors (Lipinski definition) is 4. The fourth-order valence-electron chi connectivity index (χ4n) is 1.92. The van der Waals surface area contributed by atoms with Gasteiger partial charge in [0.05, 0.1) is 6.61 Å². The van der Waals surface area contributed by atoms with Gasteiger partial charge in [-0.3, -0.25) is 4.79 Å². The Bertz CT molecular complexity index is 481.